The van der Waals surface area contributed by atoms with Gasteiger partial charge in [0, 0.05) is 13.2 Å². The number of rotatable bonds is 18. The second-order valence-corrected chi connectivity index (χ2v) is 6.15. The van der Waals surface area contributed by atoms with Crippen LogP contribution in [0.1, 0.15) is 89.9 Å². The second-order valence-electron chi connectivity index (χ2n) is 6.15. The van der Waals surface area contributed by atoms with E-state index >= 15 is 0 Å². The lowest BCUT2D eigenvalue weighted by Gasteiger charge is -2.05. The van der Waals surface area contributed by atoms with Gasteiger partial charge in [-0.1, -0.05) is 64.2 Å². The summed E-state index contributed by atoms with van der Waals surface area (Å²) in [5.41, 5.74) is 0. The summed E-state index contributed by atoms with van der Waals surface area (Å²) in [7, 11) is 0. The first-order valence-corrected chi connectivity index (χ1v) is 9.34. The third-order valence-corrected chi connectivity index (χ3v) is 4.02. The molecule has 0 aliphatic carbocycles. The normalized spacial score (nSPS) is 11.1. The SMILES string of the molecule is OCCCCCCCCCCNCCCCCCCCO. The van der Waals surface area contributed by atoms with Gasteiger partial charge in [-0.05, 0) is 38.8 Å². The van der Waals surface area contributed by atoms with Crippen LogP contribution in [-0.2, 0) is 0 Å². The Labute approximate surface area is 132 Å². The Bertz CT molecular complexity index is 159. The van der Waals surface area contributed by atoms with Crippen LogP contribution in [0.3, 0.4) is 0 Å². The van der Waals surface area contributed by atoms with Gasteiger partial charge < -0.3 is 15.5 Å². The van der Waals surface area contributed by atoms with Crippen LogP contribution < -0.4 is 5.32 Å². The average molecular weight is 302 g/mol. The number of unbranched alkanes of at least 4 members (excludes halogenated alkanes) is 12. The molecule has 21 heavy (non-hydrogen) atoms. The monoisotopic (exact) mass is 301 g/mol. The largest absolute Gasteiger partial charge is 0.396 e. The van der Waals surface area contributed by atoms with Crippen LogP contribution in [0.2, 0.25) is 0 Å². The summed E-state index contributed by atoms with van der Waals surface area (Å²) in [6.07, 6.45) is 17.6. The predicted octanol–water partition coefficient (Wildman–Crippen LogP) is 4.02. The standard InChI is InChI=1S/C18H39NO2/c20-17-13-9-5-2-1-3-7-11-15-19-16-12-8-4-6-10-14-18-21/h19-21H,1-18H2. The first-order valence-electron chi connectivity index (χ1n) is 9.34. The van der Waals surface area contributed by atoms with Gasteiger partial charge in [0.05, 0.1) is 0 Å². The maximum atomic E-state index is 8.68. The first-order chi connectivity index (χ1) is 10.4. The number of nitrogens with one attached hydrogen (secondary N) is 1. The van der Waals surface area contributed by atoms with Crippen molar-refractivity contribution in [2.24, 2.45) is 0 Å². The fourth-order valence-electron chi connectivity index (χ4n) is 2.62. The van der Waals surface area contributed by atoms with Crippen LogP contribution in [0, 0.1) is 0 Å². The average Bonchev–Trinajstić information content (AvgIpc) is 2.50. The molecule has 0 atom stereocenters. The molecule has 0 aromatic heterocycles. The Kier molecular flexibility index (Phi) is 19.8. The van der Waals surface area contributed by atoms with E-state index in [0.717, 1.165) is 12.8 Å². The molecular formula is C18H39NO2. The van der Waals surface area contributed by atoms with Crippen LogP contribution >= 0.6 is 0 Å². The molecule has 3 heteroatoms. The van der Waals surface area contributed by atoms with E-state index in [2.05, 4.69) is 5.32 Å². The lowest BCUT2D eigenvalue weighted by Crippen LogP contribution is -2.16. The van der Waals surface area contributed by atoms with E-state index in [1.54, 1.807) is 0 Å². The highest BCUT2D eigenvalue weighted by atomic mass is 16.3. The van der Waals surface area contributed by atoms with E-state index in [4.69, 9.17) is 10.2 Å². The molecule has 0 aromatic rings. The third-order valence-electron chi connectivity index (χ3n) is 4.02. The minimum atomic E-state index is 0.351. The van der Waals surface area contributed by atoms with Gasteiger partial charge in [-0.25, -0.2) is 0 Å². The minimum absolute atomic E-state index is 0.351. The Morgan fingerprint density at radius 1 is 0.381 bits per heavy atom. The van der Waals surface area contributed by atoms with Crippen LogP contribution in [0.5, 0.6) is 0 Å². The van der Waals surface area contributed by atoms with Crippen LogP contribution in [0.15, 0.2) is 0 Å². The molecule has 0 heterocycles. The molecule has 3 N–H and O–H groups in total. The Balaban J connectivity index is 2.90. The molecule has 0 aliphatic rings. The van der Waals surface area contributed by atoms with Crippen LogP contribution in [0.4, 0.5) is 0 Å². The molecule has 0 saturated carbocycles. The maximum Gasteiger partial charge on any atom is 0.0431 e. The van der Waals surface area contributed by atoms with E-state index in [1.165, 1.54) is 90.1 Å². The van der Waals surface area contributed by atoms with Gasteiger partial charge in [-0.3, -0.25) is 0 Å². The molecule has 0 aliphatic heterocycles. The van der Waals surface area contributed by atoms with Crippen molar-refractivity contribution in [1.29, 1.82) is 0 Å². The zero-order valence-corrected chi connectivity index (χ0v) is 14.1. The molecule has 0 amide bonds. The zero-order chi connectivity index (χ0) is 15.4. The van der Waals surface area contributed by atoms with Gasteiger partial charge in [-0.15, -0.1) is 0 Å². The summed E-state index contributed by atoms with van der Waals surface area (Å²) < 4.78 is 0. The van der Waals surface area contributed by atoms with Gasteiger partial charge in [0.15, 0.2) is 0 Å². The highest BCUT2D eigenvalue weighted by molar-refractivity contribution is 4.52. The summed E-state index contributed by atoms with van der Waals surface area (Å²) in [6, 6.07) is 0. The lowest BCUT2D eigenvalue weighted by atomic mass is 10.1. The van der Waals surface area contributed by atoms with Crippen molar-refractivity contribution in [3.8, 4) is 0 Å². The molecule has 0 spiro atoms. The maximum absolute atomic E-state index is 8.68. The molecule has 0 rings (SSSR count). The number of hydrogen-bond donors (Lipinski definition) is 3. The second kappa shape index (κ2) is 19.9. The molecule has 128 valence electrons. The summed E-state index contributed by atoms with van der Waals surface area (Å²) in [5.74, 6) is 0. The smallest absolute Gasteiger partial charge is 0.0431 e. The van der Waals surface area contributed by atoms with Crippen molar-refractivity contribution >= 4 is 0 Å². The Morgan fingerprint density at radius 2 is 0.667 bits per heavy atom. The molecule has 0 saturated heterocycles. The van der Waals surface area contributed by atoms with Crippen molar-refractivity contribution in [2.45, 2.75) is 89.9 Å². The van der Waals surface area contributed by atoms with E-state index in [-0.39, 0.29) is 0 Å². The zero-order valence-electron chi connectivity index (χ0n) is 14.1. The molecule has 0 unspecified atom stereocenters. The Morgan fingerprint density at radius 3 is 1.00 bits per heavy atom. The van der Waals surface area contributed by atoms with E-state index in [0.29, 0.717) is 13.2 Å². The van der Waals surface area contributed by atoms with Gasteiger partial charge >= 0.3 is 0 Å². The van der Waals surface area contributed by atoms with E-state index < -0.39 is 0 Å². The fraction of sp³-hybridized carbons (Fsp3) is 1.00. The fourth-order valence-corrected chi connectivity index (χ4v) is 2.62. The quantitative estimate of drug-likeness (QED) is 0.335. The number of aliphatic hydroxyl groups is 2. The molecule has 0 bridgehead atoms. The van der Waals surface area contributed by atoms with Gasteiger partial charge in [-0.2, -0.15) is 0 Å². The summed E-state index contributed by atoms with van der Waals surface area (Å²) in [5, 5.41) is 20.9. The van der Waals surface area contributed by atoms with Gasteiger partial charge in [0.25, 0.3) is 0 Å². The summed E-state index contributed by atoms with van der Waals surface area (Å²) >= 11 is 0. The Hall–Kier alpha value is -0.120. The van der Waals surface area contributed by atoms with E-state index in [1.807, 2.05) is 0 Å². The van der Waals surface area contributed by atoms with Crippen molar-refractivity contribution in [2.75, 3.05) is 26.3 Å². The molecule has 0 radical (unpaired) electrons. The minimum Gasteiger partial charge on any atom is -0.396 e. The van der Waals surface area contributed by atoms with Crippen LogP contribution in [-0.4, -0.2) is 36.5 Å². The number of aliphatic hydroxyl groups excluding tert-OH is 2. The van der Waals surface area contributed by atoms with Crippen molar-refractivity contribution < 1.29 is 10.2 Å². The lowest BCUT2D eigenvalue weighted by molar-refractivity contribution is 0.282. The number of hydrogen-bond acceptors (Lipinski definition) is 3. The third kappa shape index (κ3) is 19.9. The van der Waals surface area contributed by atoms with Crippen molar-refractivity contribution in [3.63, 3.8) is 0 Å². The molecular weight excluding hydrogens is 262 g/mol. The van der Waals surface area contributed by atoms with Crippen LogP contribution in [0.25, 0.3) is 0 Å². The highest BCUT2D eigenvalue weighted by Gasteiger charge is 1.93. The predicted molar refractivity (Wildman–Crippen MR) is 91.7 cm³/mol. The van der Waals surface area contributed by atoms with Gasteiger partial charge in [0.2, 0.25) is 0 Å². The van der Waals surface area contributed by atoms with Gasteiger partial charge in [0.1, 0.15) is 0 Å². The summed E-state index contributed by atoms with van der Waals surface area (Å²) in [6.45, 7) is 3.05. The van der Waals surface area contributed by atoms with Crippen molar-refractivity contribution in [3.05, 3.63) is 0 Å². The summed E-state index contributed by atoms with van der Waals surface area (Å²) in [4.78, 5) is 0. The van der Waals surface area contributed by atoms with E-state index in [9.17, 15) is 0 Å². The topological polar surface area (TPSA) is 52.5 Å². The molecule has 0 fully saturated rings. The molecule has 3 nitrogen and oxygen atoms in total. The molecule has 0 aromatic carbocycles. The first kappa shape index (κ1) is 20.9. The van der Waals surface area contributed by atoms with Crippen molar-refractivity contribution in [1.82, 2.24) is 5.32 Å². The highest BCUT2D eigenvalue weighted by Crippen LogP contribution is 2.08.